The fraction of sp³-hybridized carbons (Fsp3) is 0.857. The van der Waals surface area contributed by atoms with Crippen LogP contribution >= 0.6 is 0 Å². The van der Waals surface area contributed by atoms with Gasteiger partial charge in [0.15, 0.2) is 0 Å². The van der Waals surface area contributed by atoms with E-state index in [9.17, 15) is 9.59 Å². The molecule has 0 aromatic carbocycles. The van der Waals surface area contributed by atoms with Gasteiger partial charge in [-0.05, 0) is 33.6 Å². The summed E-state index contributed by atoms with van der Waals surface area (Å²) in [7, 11) is 0. The van der Waals surface area contributed by atoms with E-state index < -0.39 is 11.5 Å². The molecule has 0 aliphatic carbocycles. The predicted molar refractivity (Wildman–Crippen MR) is 77.8 cm³/mol. The molecule has 0 aliphatic rings. The lowest BCUT2D eigenvalue weighted by atomic mass is 10.1. The van der Waals surface area contributed by atoms with Crippen LogP contribution in [-0.4, -0.2) is 53.8 Å². The van der Waals surface area contributed by atoms with E-state index >= 15 is 0 Å². The average molecular weight is 288 g/mol. The third-order valence-corrected chi connectivity index (χ3v) is 2.69. The summed E-state index contributed by atoms with van der Waals surface area (Å²) in [6.45, 7) is 9.81. The number of urea groups is 1. The van der Waals surface area contributed by atoms with Gasteiger partial charge in [0.25, 0.3) is 0 Å². The maximum atomic E-state index is 12.1. The number of carbonyl (C=O) groups excluding carboxylic acids is 1. The van der Waals surface area contributed by atoms with Crippen LogP contribution in [0.2, 0.25) is 0 Å². The second-order valence-corrected chi connectivity index (χ2v) is 5.66. The summed E-state index contributed by atoms with van der Waals surface area (Å²) in [4.78, 5) is 24.3. The maximum Gasteiger partial charge on any atom is 0.317 e. The van der Waals surface area contributed by atoms with Crippen molar-refractivity contribution in [2.45, 2.75) is 52.5 Å². The van der Waals surface area contributed by atoms with Crippen LogP contribution in [0.1, 0.15) is 47.0 Å². The molecule has 118 valence electrons. The zero-order valence-electron chi connectivity index (χ0n) is 13.1. The molecule has 0 heterocycles. The van der Waals surface area contributed by atoms with E-state index in [-0.39, 0.29) is 19.0 Å². The number of aliphatic carboxylic acids is 1. The molecule has 0 atom stereocenters. The first-order valence-corrected chi connectivity index (χ1v) is 7.14. The van der Waals surface area contributed by atoms with Gasteiger partial charge in [0.1, 0.15) is 0 Å². The maximum absolute atomic E-state index is 12.1. The number of carboxylic acids is 1. The molecular weight excluding hydrogens is 260 g/mol. The number of hydrogen-bond acceptors (Lipinski definition) is 3. The van der Waals surface area contributed by atoms with Gasteiger partial charge in [0.05, 0.1) is 6.42 Å². The Hall–Kier alpha value is -1.30. The molecule has 0 aromatic heterocycles. The van der Waals surface area contributed by atoms with E-state index in [1.807, 2.05) is 27.7 Å². The largest absolute Gasteiger partial charge is 0.481 e. The third-order valence-electron chi connectivity index (χ3n) is 2.69. The summed E-state index contributed by atoms with van der Waals surface area (Å²) >= 11 is 0. The van der Waals surface area contributed by atoms with Crippen molar-refractivity contribution in [3.8, 4) is 0 Å². The fourth-order valence-electron chi connectivity index (χ4n) is 1.66. The van der Waals surface area contributed by atoms with Crippen molar-refractivity contribution in [1.29, 1.82) is 0 Å². The van der Waals surface area contributed by atoms with Crippen molar-refractivity contribution in [3.63, 3.8) is 0 Å². The first-order valence-electron chi connectivity index (χ1n) is 7.14. The van der Waals surface area contributed by atoms with Gasteiger partial charge in [-0.3, -0.25) is 4.79 Å². The summed E-state index contributed by atoms with van der Waals surface area (Å²) < 4.78 is 5.33. The molecule has 2 N–H and O–H groups in total. The van der Waals surface area contributed by atoms with E-state index in [0.29, 0.717) is 13.2 Å². The van der Waals surface area contributed by atoms with Gasteiger partial charge in [-0.1, -0.05) is 6.92 Å². The first-order chi connectivity index (χ1) is 9.29. The molecule has 6 heteroatoms. The van der Waals surface area contributed by atoms with Crippen LogP contribution in [0.3, 0.4) is 0 Å². The molecule has 0 rings (SSSR count). The Labute approximate surface area is 121 Å². The Kier molecular flexibility index (Phi) is 8.96. The molecule has 0 unspecified atom stereocenters. The standard InChI is InChI=1S/C14H28N2O4/c1-5-10-20-11-6-8-15-13(19)16(14(2,3)4)9-7-12(17)18/h5-11H2,1-4H3,(H,15,19)(H,17,18). The molecule has 20 heavy (non-hydrogen) atoms. The van der Waals surface area contributed by atoms with Gasteiger partial charge < -0.3 is 20.1 Å². The summed E-state index contributed by atoms with van der Waals surface area (Å²) in [6.07, 6.45) is 1.69. The highest BCUT2D eigenvalue weighted by atomic mass is 16.5. The van der Waals surface area contributed by atoms with Crippen LogP contribution in [0.15, 0.2) is 0 Å². The van der Waals surface area contributed by atoms with E-state index in [4.69, 9.17) is 9.84 Å². The van der Waals surface area contributed by atoms with Crippen LogP contribution in [-0.2, 0) is 9.53 Å². The quantitative estimate of drug-likeness (QED) is 0.637. The Morgan fingerprint density at radius 2 is 1.90 bits per heavy atom. The number of hydrogen-bond donors (Lipinski definition) is 2. The van der Waals surface area contributed by atoms with Gasteiger partial charge >= 0.3 is 12.0 Å². The number of carbonyl (C=O) groups is 2. The number of nitrogens with one attached hydrogen (secondary N) is 1. The number of amides is 2. The minimum Gasteiger partial charge on any atom is -0.481 e. The van der Waals surface area contributed by atoms with E-state index in [1.165, 1.54) is 0 Å². The zero-order valence-corrected chi connectivity index (χ0v) is 13.1. The van der Waals surface area contributed by atoms with Gasteiger partial charge in [-0.25, -0.2) is 4.79 Å². The van der Waals surface area contributed by atoms with Crippen molar-refractivity contribution < 1.29 is 19.4 Å². The SMILES string of the molecule is CCCOCCCNC(=O)N(CCC(=O)O)C(C)(C)C. The molecule has 2 amide bonds. The van der Waals surface area contributed by atoms with Crippen LogP contribution < -0.4 is 5.32 Å². The summed E-state index contributed by atoms with van der Waals surface area (Å²) in [5.41, 5.74) is -0.405. The van der Waals surface area contributed by atoms with Crippen molar-refractivity contribution in [1.82, 2.24) is 10.2 Å². The molecular formula is C14H28N2O4. The number of nitrogens with zero attached hydrogens (tertiary/aromatic N) is 1. The fourth-order valence-corrected chi connectivity index (χ4v) is 1.66. The topological polar surface area (TPSA) is 78.9 Å². The molecule has 0 aliphatic heterocycles. The Bertz CT molecular complexity index is 300. The molecule has 0 saturated carbocycles. The van der Waals surface area contributed by atoms with Gasteiger partial charge in [-0.15, -0.1) is 0 Å². The van der Waals surface area contributed by atoms with Crippen LogP contribution in [0.25, 0.3) is 0 Å². The second-order valence-electron chi connectivity index (χ2n) is 5.66. The highest BCUT2D eigenvalue weighted by Crippen LogP contribution is 2.13. The molecule has 0 saturated heterocycles. The molecule has 0 aromatic rings. The van der Waals surface area contributed by atoms with Crippen LogP contribution in [0.4, 0.5) is 4.79 Å². The molecule has 0 spiro atoms. The van der Waals surface area contributed by atoms with Crippen molar-refractivity contribution >= 4 is 12.0 Å². The van der Waals surface area contributed by atoms with Gasteiger partial charge in [0, 0.05) is 31.8 Å². The average Bonchev–Trinajstić information content (AvgIpc) is 2.31. The summed E-state index contributed by atoms with van der Waals surface area (Å²) in [5, 5.41) is 11.5. The lowest BCUT2D eigenvalue weighted by molar-refractivity contribution is -0.137. The second kappa shape index (κ2) is 9.58. The monoisotopic (exact) mass is 288 g/mol. The Balaban J connectivity index is 4.11. The third kappa shape index (κ3) is 8.74. The number of carboxylic acid groups (broad SMARTS) is 1. The Morgan fingerprint density at radius 3 is 2.40 bits per heavy atom. The zero-order chi connectivity index (χ0) is 15.6. The molecule has 0 bridgehead atoms. The molecule has 0 fully saturated rings. The predicted octanol–water partition coefficient (Wildman–Crippen LogP) is 2.09. The van der Waals surface area contributed by atoms with Crippen LogP contribution in [0.5, 0.6) is 0 Å². The van der Waals surface area contributed by atoms with Crippen LogP contribution in [0, 0.1) is 0 Å². The normalized spacial score (nSPS) is 11.2. The molecule has 0 radical (unpaired) electrons. The summed E-state index contributed by atoms with van der Waals surface area (Å²) in [5.74, 6) is -0.903. The van der Waals surface area contributed by atoms with Gasteiger partial charge in [-0.2, -0.15) is 0 Å². The van der Waals surface area contributed by atoms with Crippen molar-refractivity contribution in [3.05, 3.63) is 0 Å². The smallest absolute Gasteiger partial charge is 0.317 e. The minimum absolute atomic E-state index is 0.0513. The van der Waals surface area contributed by atoms with Gasteiger partial charge in [0.2, 0.25) is 0 Å². The summed E-state index contributed by atoms with van der Waals surface area (Å²) in [6, 6.07) is -0.228. The first kappa shape index (κ1) is 18.7. The minimum atomic E-state index is -0.903. The van der Waals surface area contributed by atoms with E-state index in [2.05, 4.69) is 5.32 Å². The highest BCUT2D eigenvalue weighted by Gasteiger charge is 2.26. The van der Waals surface area contributed by atoms with Crippen molar-refractivity contribution in [2.75, 3.05) is 26.3 Å². The highest BCUT2D eigenvalue weighted by molar-refractivity contribution is 5.76. The van der Waals surface area contributed by atoms with E-state index in [0.717, 1.165) is 19.4 Å². The Morgan fingerprint density at radius 1 is 1.25 bits per heavy atom. The van der Waals surface area contributed by atoms with Crippen molar-refractivity contribution in [2.24, 2.45) is 0 Å². The number of rotatable bonds is 9. The lowest BCUT2D eigenvalue weighted by Gasteiger charge is -2.35. The van der Waals surface area contributed by atoms with E-state index in [1.54, 1.807) is 4.90 Å². The lowest BCUT2D eigenvalue weighted by Crippen LogP contribution is -2.51. The molecule has 6 nitrogen and oxygen atoms in total. The number of ether oxygens (including phenoxy) is 1.